The smallest absolute Gasteiger partial charge is 0.189 e. The third-order valence-electron chi connectivity index (χ3n) is 2.41. The van der Waals surface area contributed by atoms with Crippen LogP contribution in [0.5, 0.6) is 5.75 Å². The van der Waals surface area contributed by atoms with E-state index in [1.165, 1.54) is 18.9 Å². The molecule has 1 N–H and O–H groups in total. The summed E-state index contributed by atoms with van der Waals surface area (Å²) in [7, 11) is 0. The number of phenols is 1. The van der Waals surface area contributed by atoms with E-state index in [-0.39, 0.29) is 11.5 Å². The number of allylic oxidation sites excluding steroid dienone is 2. The zero-order chi connectivity index (χ0) is 11.8. The van der Waals surface area contributed by atoms with Crippen molar-refractivity contribution in [2.45, 2.75) is 32.6 Å². The first kappa shape index (κ1) is 12.5. The molecule has 16 heavy (non-hydrogen) atoms. The SMILES string of the molecule is CCCCCC=CC(=O)c1ccccc1O. The molecule has 0 aliphatic rings. The number of hydrogen-bond donors (Lipinski definition) is 1. The average molecular weight is 218 g/mol. The van der Waals surface area contributed by atoms with Crippen molar-refractivity contribution in [2.75, 3.05) is 0 Å². The zero-order valence-electron chi connectivity index (χ0n) is 9.65. The number of para-hydroxylation sites is 1. The number of unbranched alkanes of at least 4 members (excludes halogenated alkanes) is 3. The van der Waals surface area contributed by atoms with Gasteiger partial charge in [-0.1, -0.05) is 38.0 Å². The first-order chi connectivity index (χ1) is 7.75. The lowest BCUT2D eigenvalue weighted by atomic mass is 10.1. The van der Waals surface area contributed by atoms with Crippen LogP contribution in [0.4, 0.5) is 0 Å². The maximum absolute atomic E-state index is 11.7. The standard InChI is InChI=1S/C14H18O2/c1-2-3-4-5-6-10-13(15)12-9-7-8-11-14(12)16/h6-11,16H,2-5H2,1H3. The van der Waals surface area contributed by atoms with Gasteiger partial charge in [-0.05, 0) is 31.1 Å². The van der Waals surface area contributed by atoms with Crippen LogP contribution in [0, 0.1) is 0 Å². The van der Waals surface area contributed by atoms with Gasteiger partial charge in [0.1, 0.15) is 5.75 Å². The van der Waals surface area contributed by atoms with Gasteiger partial charge in [0, 0.05) is 0 Å². The van der Waals surface area contributed by atoms with E-state index in [0.717, 1.165) is 12.8 Å². The molecule has 1 rings (SSSR count). The van der Waals surface area contributed by atoms with Crippen LogP contribution < -0.4 is 0 Å². The van der Waals surface area contributed by atoms with Crippen LogP contribution >= 0.6 is 0 Å². The van der Waals surface area contributed by atoms with Crippen molar-refractivity contribution in [3.8, 4) is 5.75 Å². The van der Waals surface area contributed by atoms with Crippen LogP contribution in [0.3, 0.4) is 0 Å². The third-order valence-corrected chi connectivity index (χ3v) is 2.41. The maximum Gasteiger partial charge on any atom is 0.189 e. The molecule has 1 aromatic carbocycles. The molecular weight excluding hydrogens is 200 g/mol. The fourth-order valence-electron chi connectivity index (χ4n) is 1.47. The molecule has 0 saturated heterocycles. The number of carbonyl (C=O) groups is 1. The van der Waals surface area contributed by atoms with Gasteiger partial charge in [0.15, 0.2) is 5.78 Å². The second-order valence-electron chi connectivity index (χ2n) is 3.78. The van der Waals surface area contributed by atoms with E-state index < -0.39 is 0 Å². The molecular formula is C14H18O2. The molecule has 0 spiro atoms. The lowest BCUT2D eigenvalue weighted by Crippen LogP contribution is -1.94. The molecule has 0 saturated carbocycles. The summed E-state index contributed by atoms with van der Waals surface area (Å²) in [6, 6.07) is 6.61. The maximum atomic E-state index is 11.7. The van der Waals surface area contributed by atoms with Crippen molar-refractivity contribution in [1.29, 1.82) is 0 Å². The second-order valence-corrected chi connectivity index (χ2v) is 3.78. The predicted octanol–water partition coefficient (Wildman–Crippen LogP) is 3.71. The summed E-state index contributed by atoms with van der Waals surface area (Å²) in [4.78, 5) is 11.7. The molecule has 2 heteroatoms. The van der Waals surface area contributed by atoms with E-state index in [9.17, 15) is 9.90 Å². The van der Waals surface area contributed by atoms with Crippen LogP contribution in [0.15, 0.2) is 36.4 Å². The number of carbonyl (C=O) groups excluding carboxylic acids is 1. The Balaban J connectivity index is 2.49. The lowest BCUT2D eigenvalue weighted by Gasteiger charge is -1.98. The molecule has 1 aromatic rings. The monoisotopic (exact) mass is 218 g/mol. The summed E-state index contributed by atoms with van der Waals surface area (Å²) in [5.74, 6) is -0.0830. The van der Waals surface area contributed by atoms with Gasteiger partial charge < -0.3 is 5.11 Å². The van der Waals surface area contributed by atoms with E-state index in [0.29, 0.717) is 5.56 Å². The molecule has 0 fully saturated rings. The first-order valence-electron chi connectivity index (χ1n) is 5.74. The molecule has 86 valence electrons. The fourth-order valence-corrected chi connectivity index (χ4v) is 1.47. The van der Waals surface area contributed by atoms with Crippen LogP contribution in [-0.4, -0.2) is 10.9 Å². The molecule has 0 amide bonds. The number of rotatable bonds is 6. The van der Waals surface area contributed by atoms with Gasteiger partial charge in [-0.2, -0.15) is 0 Å². The van der Waals surface area contributed by atoms with Gasteiger partial charge in [-0.3, -0.25) is 4.79 Å². The Labute approximate surface area is 96.6 Å². The quantitative estimate of drug-likeness (QED) is 0.449. The Bertz CT molecular complexity index is 367. The Morgan fingerprint density at radius 2 is 2.06 bits per heavy atom. The van der Waals surface area contributed by atoms with Gasteiger partial charge in [0.25, 0.3) is 0 Å². The average Bonchev–Trinajstić information content (AvgIpc) is 2.29. The highest BCUT2D eigenvalue weighted by atomic mass is 16.3. The minimum Gasteiger partial charge on any atom is -0.507 e. The molecule has 0 atom stereocenters. The number of hydrogen-bond acceptors (Lipinski definition) is 2. The molecule has 0 aliphatic carbocycles. The normalized spacial score (nSPS) is 10.8. The van der Waals surface area contributed by atoms with Gasteiger partial charge in [0.05, 0.1) is 5.56 Å². The largest absolute Gasteiger partial charge is 0.507 e. The lowest BCUT2D eigenvalue weighted by molar-refractivity contribution is 0.104. The number of aromatic hydroxyl groups is 1. The summed E-state index contributed by atoms with van der Waals surface area (Å²) in [6.07, 6.45) is 7.83. The molecule has 0 heterocycles. The van der Waals surface area contributed by atoms with E-state index >= 15 is 0 Å². The van der Waals surface area contributed by atoms with E-state index in [1.807, 2.05) is 6.08 Å². The Morgan fingerprint density at radius 1 is 1.31 bits per heavy atom. The fraction of sp³-hybridized carbons (Fsp3) is 0.357. The summed E-state index contributed by atoms with van der Waals surface area (Å²) >= 11 is 0. The zero-order valence-corrected chi connectivity index (χ0v) is 9.65. The minimum absolute atomic E-state index is 0.0470. The van der Waals surface area contributed by atoms with Crippen molar-refractivity contribution in [2.24, 2.45) is 0 Å². The van der Waals surface area contributed by atoms with Crippen LogP contribution in [0.1, 0.15) is 43.0 Å². The molecule has 0 bridgehead atoms. The molecule has 0 radical (unpaired) electrons. The summed E-state index contributed by atoms with van der Waals surface area (Å²) < 4.78 is 0. The van der Waals surface area contributed by atoms with Gasteiger partial charge in [-0.25, -0.2) is 0 Å². The predicted molar refractivity (Wildman–Crippen MR) is 65.7 cm³/mol. The Hall–Kier alpha value is -1.57. The van der Waals surface area contributed by atoms with Crippen molar-refractivity contribution < 1.29 is 9.90 Å². The van der Waals surface area contributed by atoms with Crippen molar-refractivity contribution in [3.05, 3.63) is 42.0 Å². The Kier molecular flexibility index (Phi) is 5.34. The topological polar surface area (TPSA) is 37.3 Å². The van der Waals surface area contributed by atoms with E-state index in [4.69, 9.17) is 0 Å². The van der Waals surface area contributed by atoms with E-state index in [2.05, 4.69) is 6.92 Å². The van der Waals surface area contributed by atoms with Gasteiger partial charge >= 0.3 is 0 Å². The first-order valence-corrected chi connectivity index (χ1v) is 5.74. The molecule has 0 unspecified atom stereocenters. The molecule has 2 nitrogen and oxygen atoms in total. The van der Waals surface area contributed by atoms with E-state index in [1.54, 1.807) is 24.3 Å². The number of ketones is 1. The van der Waals surface area contributed by atoms with Crippen molar-refractivity contribution in [1.82, 2.24) is 0 Å². The minimum atomic E-state index is -0.130. The van der Waals surface area contributed by atoms with Crippen molar-refractivity contribution >= 4 is 5.78 Å². The summed E-state index contributed by atoms with van der Waals surface area (Å²) in [6.45, 7) is 2.15. The second kappa shape index (κ2) is 6.83. The molecule has 0 aromatic heterocycles. The van der Waals surface area contributed by atoms with Crippen LogP contribution in [0.25, 0.3) is 0 Å². The highest BCUT2D eigenvalue weighted by molar-refractivity contribution is 6.06. The Morgan fingerprint density at radius 3 is 2.75 bits per heavy atom. The third kappa shape index (κ3) is 3.89. The molecule has 0 aliphatic heterocycles. The van der Waals surface area contributed by atoms with Gasteiger partial charge in [-0.15, -0.1) is 0 Å². The summed E-state index contributed by atoms with van der Waals surface area (Å²) in [5, 5.41) is 9.47. The van der Waals surface area contributed by atoms with Crippen LogP contribution in [0.2, 0.25) is 0 Å². The number of benzene rings is 1. The van der Waals surface area contributed by atoms with Crippen LogP contribution in [-0.2, 0) is 0 Å². The summed E-state index contributed by atoms with van der Waals surface area (Å²) in [5.41, 5.74) is 0.370. The van der Waals surface area contributed by atoms with Crippen molar-refractivity contribution in [3.63, 3.8) is 0 Å². The highest BCUT2D eigenvalue weighted by Crippen LogP contribution is 2.16. The van der Waals surface area contributed by atoms with Gasteiger partial charge in [0.2, 0.25) is 0 Å². The highest BCUT2D eigenvalue weighted by Gasteiger charge is 2.05. The number of phenolic OH excluding ortho intramolecular Hbond substituents is 1.